The van der Waals surface area contributed by atoms with E-state index in [2.05, 4.69) is 11.4 Å². The lowest BCUT2D eigenvalue weighted by atomic mass is 10.1. The lowest BCUT2D eigenvalue weighted by molar-refractivity contribution is 0.100. The van der Waals surface area contributed by atoms with Crippen LogP contribution in [0.1, 0.15) is 21.5 Å². The summed E-state index contributed by atoms with van der Waals surface area (Å²) in [5, 5.41) is 12.1. The van der Waals surface area contributed by atoms with Gasteiger partial charge >= 0.3 is 0 Å². The minimum atomic E-state index is -0.575. The monoisotopic (exact) mass is 266 g/mol. The first kappa shape index (κ1) is 13.4. The average molecular weight is 266 g/mol. The number of hydrogen-bond acceptors (Lipinski definition) is 4. The maximum Gasteiger partial charge on any atom is 0.250 e. The molecule has 0 fully saturated rings. The van der Waals surface area contributed by atoms with E-state index in [9.17, 15) is 4.79 Å². The molecule has 0 aliphatic rings. The van der Waals surface area contributed by atoms with Gasteiger partial charge in [-0.25, -0.2) is 0 Å². The molecular weight excluding hydrogens is 252 g/mol. The van der Waals surface area contributed by atoms with E-state index in [0.29, 0.717) is 16.9 Å². The first-order valence-corrected chi connectivity index (χ1v) is 5.99. The zero-order valence-corrected chi connectivity index (χ0v) is 11.0. The second-order valence-corrected chi connectivity index (χ2v) is 4.40. The summed E-state index contributed by atoms with van der Waals surface area (Å²) in [6.45, 7) is 1.91. The molecule has 0 radical (unpaired) electrons. The van der Waals surface area contributed by atoms with Crippen molar-refractivity contribution >= 4 is 23.0 Å². The van der Waals surface area contributed by atoms with Crippen LogP contribution in [0.3, 0.4) is 0 Å². The van der Waals surface area contributed by atoms with Crippen LogP contribution < -0.4 is 16.8 Å². The van der Waals surface area contributed by atoms with Crippen LogP contribution in [0, 0.1) is 18.3 Å². The number of hydrogen-bond donors (Lipinski definition) is 3. The number of anilines is 3. The van der Waals surface area contributed by atoms with Crippen molar-refractivity contribution < 1.29 is 4.79 Å². The highest BCUT2D eigenvalue weighted by atomic mass is 16.1. The number of nitrogens with zero attached hydrogens (tertiary/aromatic N) is 1. The summed E-state index contributed by atoms with van der Waals surface area (Å²) in [6.07, 6.45) is 0. The molecule has 0 spiro atoms. The summed E-state index contributed by atoms with van der Waals surface area (Å²) >= 11 is 0. The van der Waals surface area contributed by atoms with Crippen LogP contribution >= 0.6 is 0 Å². The molecule has 0 atom stereocenters. The second kappa shape index (κ2) is 5.33. The third kappa shape index (κ3) is 2.54. The Kier molecular flexibility index (Phi) is 3.58. The van der Waals surface area contributed by atoms with Crippen LogP contribution in [0.15, 0.2) is 36.4 Å². The first-order valence-electron chi connectivity index (χ1n) is 5.99. The van der Waals surface area contributed by atoms with Gasteiger partial charge in [-0.05, 0) is 36.8 Å². The minimum absolute atomic E-state index is 0.268. The number of nitrogen functional groups attached to an aromatic ring is 1. The first-order chi connectivity index (χ1) is 9.52. The van der Waals surface area contributed by atoms with Gasteiger partial charge in [0.2, 0.25) is 0 Å². The van der Waals surface area contributed by atoms with Gasteiger partial charge in [-0.3, -0.25) is 4.79 Å². The van der Waals surface area contributed by atoms with Crippen molar-refractivity contribution in [2.45, 2.75) is 6.92 Å². The number of nitrogens with two attached hydrogens (primary N) is 2. The van der Waals surface area contributed by atoms with Gasteiger partial charge in [-0.2, -0.15) is 5.26 Å². The van der Waals surface area contributed by atoms with Crippen molar-refractivity contribution in [2.24, 2.45) is 5.73 Å². The zero-order valence-electron chi connectivity index (χ0n) is 11.0. The minimum Gasteiger partial charge on any atom is -0.396 e. The summed E-state index contributed by atoms with van der Waals surface area (Å²) in [4.78, 5) is 11.3. The molecule has 0 heterocycles. The fourth-order valence-electron chi connectivity index (χ4n) is 1.86. The van der Waals surface area contributed by atoms with E-state index >= 15 is 0 Å². The van der Waals surface area contributed by atoms with Crippen molar-refractivity contribution in [3.8, 4) is 6.07 Å². The van der Waals surface area contributed by atoms with Gasteiger partial charge in [-0.15, -0.1) is 0 Å². The Morgan fingerprint density at radius 1 is 1.25 bits per heavy atom. The van der Waals surface area contributed by atoms with Crippen molar-refractivity contribution in [3.63, 3.8) is 0 Å². The predicted octanol–water partition coefficient (Wildman–Crippen LogP) is 2.29. The molecule has 5 N–H and O–H groups in total. The van der Waals surface area contributed by atoms with Crippen molar-refractivity contribution in [3.05, 3.63) is 53.1 Å². The van der Waals surface area contributed by atoms with Gasteiger partial charge in [0.1, 0.15) is 0 Å². The van der Waals surface area contributed by atoms with Gasteiger partial charge in [0.15, 0.2) is 0 Å². The number of carbonyl (C=O) groups excluding carboxylic acids is 1. The lowest BCUT2D eigenvalue weighted by Crippen LogP contribution is -2.14. The number of para-hydroxylation sites is 1. The van der Waals surface area contributed by atoms with Gasteiger partial charge < -0.3 is 16.8 Å². The molecule has 2 rings (SSSR count). The molecule has 0 unspecified atom stereocenters. The average Bonchev–Trinajstić information content (AvgIpc) is 2.43. The van der Waals surface area contributed by atoms with E-state index < -0.39 is 5.91 Å². The van der Waals surface area contributed by atoms with Crippen molar-refractivity contribution in [1.82, 2.24) is 0 Å². The smallest absolute Gasteiger partial charge is 0.250 e. The highest BCUT2D eigenvalue weighted by molar-refractivity contribution is 6.01. The van der Waals surface area contributed by atoms with E-state index in [0.717, 1.165) is 11.3 Å². The molecular formula is C15H14N4O. The normalized spacial score (nSPS) is 9.80. The Labute approximate surface area is 116 Å². The number of nitriles is 1. The predicted molar refractivity (Wildman–Crippen MR) is 78.5 cm³/mol. The molecule has 0 aliphatic carbocycles. The Balaban J connectivity index is 2.43. The Hall–Kier alpha value is -3.00. The fourth-order valence-corrected chi connectivity index (χ4v) is 1.86. The molecule has 5 nitrogen and oxygen atoms in total. The summed E-state index contributed by atoms with van der Waals surface area (Å²) in [6, 6.07) is 12.4. The van der Waals surface area contributed by atoms with Crippen molar-refractivity contribution in [1.29, 1.82) is 5.26 Å². The number of amides is 1. The highest BCUT2D eigenvalue weighted by Crippen LogP contribution is 2.28. The van der Waals surface area contributed by atoms with Crippen LogP contribution in [0.2, 0.25) is 0 Å². The second-order valence-electron chi connectivity index (χ2n) is 4.40. The van der Waals surface area contributed by atoms with E-state index in [4.69, 9.17) is 16.7 Å². The third-order valence-corrected chi connectivity index (χ3v) is 3.01. The number of benzene rings is 2. The molecule has 0 saturated heterocycles. The number of primary amides is 1. The number of carbonyl (C=O) groups is 1. The zero-order chi connectivity index (χ0) is 14.7. The Bertz CT molecular complexity index is 716. The topological polar surface area (TPSA) is 105 Å². The molecule has 0 aromatic heterocycles. The van der Waals surface area contributed by atoms with E-state index in [-0.39, 0.29) is 5.56 Å². The highest BCUT2D eigenvalue weighted by Gasteiger charge is 2.10. The SMILES string of the molecule is Cc1ccc(C#N)cc1Nc1cccc(C(N)=O)c1N. The number of aryl methyl sites for hydroxylation is 1. The number of nitrogens with one attached hydrogen (secondary N) is 1. The van der Waals surface area contributed by atoms with Crippen LogP contribution in [0.5, 0.6) is 0 Å². The van der Waals surface area contributed by atoms with Crippen LogP contribution in [-0.4, -0.2) is 5.91 Å². The van der Waals surface area contributed by atoms with Gasteiger partial charge in [0.25, 0.3) is 5.91 Å². The fraction of sp³-hybridized carbons (Fsp3) is 0.0667. The quantitative estimate of drug-likeness (QED) is 0.741. The van der Waals surface area contributed by atoms with Crippen LogP contribution in [-0.2, 0) is 0 Å². The van der Waals surface area contributed by atoms with E-state index in [1.165, 1.54) is 0 Å². The maximum absolute atomic E-state index is 11.3. The van der Waals surface area contributed by atoms with Crippen LogP contribution in [0.4, 0.5) is 17.1 Å². The van der Waals surface area contributed by atoms with Crippen LogP contribution in [0.25, 0.3) is 0 Å². The molecule has 1 amide bonds. The standard InChI is InChI=1S/C15H14N4O/c1-9-5-6-10(8-16)7-13(9)19-12-4-2-3-11(14(12)17)15(18)20/h2-7,19H,17H2,1H3,(H2,18,20). The van der Waals surface area contributed by atoms with E-state index in [1.54, 1.807) is 30.3 Å². The van der Waals surface area contributed by atoms with E-state index in [1.807, 2.05) is 13.0 Å². The largest absolute Gasteiger partial charge is 0.396 e. The Morgan fingerprint density at radius 3 is 2.65 bits per heavy atom. The lowest BCUT2D eigenvalue weighted by Gasteiger charge is -2.13. The molecule has 2 aromatic carbocycles. The molecule has 20 heavy (non-hydrogen) atoms. The molecule has 0 aliphatic heterocycles. The van der Waals surface area contributed by atoms with Crippen molar-refractivity contribution in [2.75, 3.05) is 11.1 Å². The molecule has 100 valence electrons. The molecule has 0 bridgehead atoms. The molecule has 5 heteroatoms. The van der Waals surface area contributed by atoms with Gasteiger partial charge in [0, 0.05) is 5.69 Å². The summed E-state index contributed by atoms with van der Waals surface area (Å²) in [5.41, 5.74) is 14.6. The van der Waals surface area contributed by atoms with Gasteiger partial charge in [-0.1, -0.05) is 12.1 Å². The summed E-state index contributed by atoms with van der Waals surface area (Å²) in [7, 11) is 0. The summed E-state index contributed by atoms with van der Waals surface area (Å²) in [5.74, 6) is -0.575. The van der Waals surface area contributed by atoms with Gasteiger partial charge in [0.05, 0.1) is 28.6 Å². The summed E-state index contributed by atoms with van der Waals surface area (Å²) < 4.78 is 0. The molecule has 0 saturated carbocycles. The molecule has 2 aromatic rings. The third-order valence-electron chi connectivity index (χ3n) is 3.01. The maximum atomic E-state index is 11.3. The number of rotatable bonds is 3. The Morgan fingerprint density at radius 2 is 2.00 bits per heavy atom.